The molecule has 2 heterocycles. The summed E-state index contributed by atoms with van der Waals surface area (Å²) in [5.41, 5.74) is 0.703. The predicted molar refractivity (Wildman–Crippen MR) is 120 cm³/mol. The fraction of sp³-hybridized carbons (Fsp3) is 0.462. The molecule has 1 N–H and O–H groups in total. The van der Waals surface area contributed by atoms with Crippen LogP contribution < -0.4 is 5.32 Å². The van der Waals surface area contributed by atoms with E-state index in [-0.39, 0.29) is 18.5 Å². The fourth-order valence-electron chi connectivity index (χ4n) is 4.10. The van der Waals surface area contributed by atoms with Gasteiger partial charge in [0, 0.05) is 19.0 Å². The molecule has 0 aliphatic carbocycles. The van der Waals surface area contributed by atoms with Crippen LogP contribution >= 0.6 is 0 Å². The summed E-state index contributed by atoms with van der Waals surface area (Å²) >= 11 is 0. The molecule has 0 spiro atoms. The standard InChI is InChI=1S/C26H28F4N2O2/c27-22-9-7-20(8-10-22)24-25(33-16-12-19-4-3-5-21(18-19)26(28,29)30)34-17-15-32(24)14-2-1-6-23-11-13-31-23/h3-5,7-10,18,23-25,31H,6,11-17H2/t23-,24+,25-/m1/s1. The van der Waals surface area contributed by atoms with Crippen molar-refractivity contribution in [3.8, 4) is 11.8 Å². The zero-order valence-electron chi connectivity index (χ0n) is 18.8. The predicted octanol–water partition coefficient (Wildman–Crippen LogP) is 4.56. The maximum absolute atomic E-state index is 13.5. The number of morpholine rings is 1. The molecule has 3 atom stereocenters. The Morgan fingerprint density at radius 1 is 1.12 bits per heavy atom. The van der Waals surface area contributed by atoms with Gasteiger partial charge >= 0.3 is 6.18 Å². The zero-order valence-corrected chi connectivity index (χ0v) is 18.8. The third kappa shape index (κ3) is 6.57. The molecule has 2 saturated heterocycles. The molecule has 0 unspecified atom stereocenters. The summed E-state index contributed by atoms with van der Waals surface area (Å²) in [5, 5.41) is 3.33. The van der Waals surface area contributed by atoms with Crippen molar-refractivity contribution in [1.29, 1.82) is 0 Å². The van der Waals surface area contributed by atoms with Gasteiger partial charge in [0.15, 0.2) is 6.29 Å². The van der Waals surface area contributed by atoms with E-state index in [9.17, 15) is 17.6 Å². The number of benzene rings is 2. The van der Waals surface area contributed by atoms with E-state index in [1.54, 1.807) is 18.2 Å². The van der Waals surface area contributed by atoms with E-state index >= 15 is 0 Å². The van der Waals surface area contributed by atoms with Gasteiger partial charge in [0.05, 0.1) is 31.4 Å². The van der Waals surface area contributed by atoms with Gasteiger partial charge in [-0.2, -0.15) is 13.2 Å². The van der Waals surface area contributed by atoms with Gasteiger partial charge in [0.1, 0.15) is 5.82 Å². The quantitative estimate of drug-likeness (QED) is 0.469. The average molecular weight is 477 g/mol. The molecule has 182 valence electrons. The summed E-state index contributed by atoms with van der Waals surface area (Å²) in [4.78, 5) is 2.15. The van der Waals surface area contributed by atoms with Crippen molar-refractivity contribution in [1.82, 2.24) is 10.2 Å². The first kappa shape index (κ1) is 24.7. The highest BCUT2D eigenvalue weighted by molar-refractivity contribution is 5.26. The Labute approximate surface area is 197 Å². The zero-order chi connectivity index (χ0) is 24.0. The van der Waals surface area contributed by atoms with Crippen molar-refractivity contribution < 1.29 is 27.0 Å². The number of hydrogen-bond acceptors (Lipinski definition) is 4. The highest BCUT2D eigenvalue weighted by Gasteiger charge is 2.34. The van der Waals surface area contributed by atoms with E-state index < -0.39 is 18.0 Å². The van der Waals surface area contributed by atoms with Crippen molar-refractivity contribution in [2.75, 3.05) is 32.8 Å². The number of rotatable bonds is 7. The fourth-order valence-corrected chi connectivity index (χ4v) is 4.10. The lowest BCUT2D eigenvalue weighted by molar-refractivity contribution is -0.208. The van der Waals surface area contributed by atoms with E-state index in [4.69, 9.17) is 9.47 Å². The van der Waals surface area contributed by atoms with Crippen LogP contribution in [0.1, 0.15) is 35.6 Å². The van der Waals surface area contributed by atoms with Crippen LogP contribution in [0.5, 0.6) is 0 Å². The highest BCUT2D eigenvalue weighted by atomic mass is 19.4. The molecule has 0 saturated carbocycles. The van der Waals surface area contributed by atoms with Crippen LogP contribution in [0.2, 0.25) is 0 Å². The van der Waals surface area contributed by atoms with Gasteiger partial charge < -0.3 is 14.8 Å². The van der Waals surface area contributed by atoms with Gasteiger partial charge in [-0.15, -0.1) is 5.92 Å². The number of ether oxygens (including phenoxy) is 2. The molecule has 0 radical (unpaired) electrons. The monoisotopic (exact) mass is 476 g/mol. The number of hydrogen-bond donors (Lipinski definition) is 1. The van der Waals surface area contributed by atoms with E-state index in [0.717, 1.165) is 37.1 Å². The Morgan fingerprint density at radius 2 is 1.91 bits per heavy atom. The molecule has 2 fully saturated rings. The first-order chi connectivity index (χ1) is 16.4. The summed E-state index contributed by atoms with van der Waals surface area (Å²) in [6.07, 6.45) is -2.75. The molecule has 0 amide bonds. The van der Waals surface area contributed by atoms with Crippen LogP contribution in [0.4, 0.5) is 17.6 Å². The molecule has 0 bridgehead atoms. The molecule has 2 aliphatic heterocycles. The lowest BCUT2D eigenvalue weighted by Crippen LogP contribution is -2.46. The minimum absolute atomic E-state index is 0.191. The Bertz CT molecular complexity index is 996. The van der Waals surface area contributed by atoms with Crippen molar-refractivity contribution in [2.24, 2.45) is 0 Å². The van der Waals surface area contributed by atoms with Crippen molar-refractivity contribution in [3.05, 3.63) is 71.0 Å². The minimum Gasteiger partial charge on any atom is -0.350 e. The molecule has 2 aliphatic rings. The van der Waals surface area contributed by atoms with Gasteiger partial charge in [0.2, 0.25) is 0 Å². The maximum Gasteiger partial charge on any atom is 0.416 e. The van der Waals surface area contributed by atoms with Crippen LogP contribution in [0.15, 0.2) is 48.5 Å². The molecule has 4 nitrogen and oxygen atoms in total. The van der Waals surface area contributed by atoms with Gasteiger partial charge in [-0.3, -0.25) is 4.90 Å². The van der Waals surface area contributed by atoms with Crippen LogP contribution in [-0.4, -0.2) is 50.1 Å². The lowest BCUT2D eigenvalue weighted by Gasteiger charge is -2.40. The smallest absolute Gasteiger partial charge is 0.350 e. The van der Waals surface area contributed by atoms with Crippen LogP contribution in [0.25, 0.3) is 0 Å². The van der Waals surface area contributed by atoms with E-state index in [1.807, 2.05) is 0 Å². The van der Waals surface area contributed by atoms with Crippen molar-refractivity contribution in [3.63, 3.8) is 0 Å². The molecule has 34 heavy (non-hydrogen) atoms. The van der Waals surface area contributed by atoms with Crippen LogP contribution in [0.3, 0.4) is 0 Å². The van der Waals surface area contributed by atoms with Gasteiger partial charge in [-0.05, 0) is 48.7 Å². The molecule has 2 aromatic rings. The second-order valence-corrected chi connectivity index (χ2v) is 8.52. The lowest BCUT2D eigenvalue weighted by atomic mass is 10.0. The second-order valence-electron chi connectivity index (χ2n) is 8.52. The number of alkyl halides is 3. The van der Waals surface area contributed by atoms with E-state index in [2.05, 4.69) is 22.1 Å². The first-order valence-electron chi connectivity index (χ1n) is 11.5. The van der Waals surface area contributed by atoms with Crippen molar-refractivity contribution in [2.45, 2.75) is 43.8 Å². The third-order valence-corrected chi connectivity index (χ3v) is 6.13. The molecule has 2 aromatic carbocycles. The molecule has 0 aromatic heterocycles. The van der Waals surface area contributed by atoms with Crippen LogP contribution in [0, 0.1) is 17.7 Å². The number of nitrogens with zero attached hydrogens (tertiary/aromatic N) is 1. The summed E-state index contributed by atoms with van der Waals surface area (Å²) < 4.78 is 64.4. The van der Waals surface area contributed by atoms with Crippen LogP contribution in [-0.2, 0) is 22.1 Å². The summed E-state index contributed by atoms with van der Waals surface area (Å²) in [5.74, 6) is 6.13. The Morgan fingerprint density at radius 3 is 2.62 bits per heavy atom. The Hall–Kier alpha value is -2.44. The number of nitrogens with one attached hydrogen (secondary N) is 1. The molecular weight excluding hydrogens is 448 g/mol. The topological polar surface area (TPSA) is 33.7 Å². The second kappa shape index (κ2) is 11.3. The highest BCUT2D eigenvalue weighted by Crippen LogP contribution is 2.31. The summed E-state index contributed by atoms with van der Waals surface area (Å²) in [6, 6.07) is 11.6. The Kier molecular flexibility index (Phi) is 8.22. The third-order valence-electron chi connectivity index (χ3n) is 6.13. The number of halogens is 4. The van der Waals surface area contributed by atoms with E-state index in [0.29, 0.717) is 37.7 Å². The molecule has 4 rings (SSSR count). The molecular formula is C26H28F4N2O2. The summed E-state index contributed by atoms with van der Waals surface area (Å²) in [6.45, 7) is 2.84. The average Bonchev–Trinajstić information content (AvgIpc) is 2.78. The first-order valence-corrected chi connectivity index (χ1v) is 11.5. The SMILES string of the molecule is Fc1ccc([C@H]2[C@H](OCCc3cccc(C(F)(F)F)c3)OCCN2CC#CC[C@@H]2CCN2)cc1. The van der Waals surface area contributed by atoms with E-state index in [1.165, 1.54) is 18.2 Å². The van der Waals surface area contributed by atoms with Gasteiger partial charge in [0.25, 0.3) is 0 Å². The molecule has 8 heteroatoms. The normalized spacial score (nSPS) is 23.1. The minimum atomic E-state index is -4.38. The summed E-state index contributed by atoms with van der Waals surface area (Å²) in [7, 11) is 0. The van der Waals surface area contributed by atoms with Gasteiger partial charge in [-0.25, -0.2) is 4.39 Å². The van der Waals surface area contributed by atoms with Crippen molar-refractivity contribution >= 4 is 0 Å². The largest absolute Gasteiger partial charge is 0.416 e. The van der Waals surface area contributed by atoms with Gasteiger partial charge in [-0.1, -0.05) is 36.3 Å². The maximum atomic E-state index is 13.5. The Balaban J connectivity index is 1.42.